The van der Waals surface area contributed by atoms with Gasteiger partial charge in [-0.15, -0.1) is 0 Å². The van der Waals surface area contributed by atoms with E-state index in [0.717, 1.165) is 16.8 Å². The monoisotopic (exact) mass is 159 g/mol. The van der Waals surface area contributed by atoms with E-state index in [1.165, 1.54) is 0 Å². The number of nitrogens with two attached hydrogens (primary N) is 1. The van der Waals surface area contributed by atoms with Gasteiger partial charge in [0.2, 0.25) is 0 Å². The molecule has 0 aliphatic rings. The molecule has 0 aliphatic heterocycles. The van der Waals surface area contributed by atoms with Gasteiger partial charge in [-0.05, 0) is 18.6 Å². The second kappa shape index (κ2) is 3.77. The van der Waals surface area contributed by atoms with Gasteiger partial charge >= 0.3 is 0 Å². The van der Waals surface area contributed by atoms with Crippen LogP contribution >= 0.6 is 0 Å². The van der Waals surface area contributed by atoms with Crippen LogP contribution in [0.1, 0.15) is 12.5 Å². The molecule has 0 aliphatic carbocycles. The van der Waals surface area contributed by atoms with Gasteiger partial charge in [-0.1, -0.05) is 36.9 Å². The molecule has 0 radical (unpaired) electrons. The van der Waals surface area contributed by atoms with Gasteiger partial charge < -0.3 is 5.73 Å². The Morgan fingerprint density at radius 1 is 1.42 bits per heavy atom. The molecular weight excluding hydrogens is 146 g/mol. The van der Waals surface area contributed by atoms with Crippen molar-refractivity contribution in [2.45, 2.75) is 6.92 Å². The van der Waals surface area contributed by atoms with Gasteiger partial charge in [-0.2, -0.15) is 0 Å². The van der Waals surface area contributed by atoms with Gasteiger partial charge in [-0.3, -0.25) is 0 Å². The summed E-state index contributed by atoms with van der Waals surface area (Å²) in [5.74, 6) is 0. The number of hydrogen-bond acceptors (Lipinski definition) is 1. The van der Waals surface area contributed by atoms with Crippen LogP contribution in [0.25, 0.3) is 5.57 Å². The van der Waals surface area contributed by atoms with E-state index in [1.807, 2.05) is 37.3 Å². The van der Waals surface area contributed by atoms with Crippen LogP contribution in [0, 0.1) is 0 Å². The molecule has 2 N–H and O–H groups in total. The minimum atomic E-state index is 0.813. The third kappa shape index (κ3) is 1.76. The number of allylic oxidation sites excluding steroid dienone is 3. The van der Waals surface area contributed by atoms with Gasteiger partial charge in [0.1, 0.15) is 0 Å². The highest BCUT2D eigenvalue weighted by molar-refractivity contribution is 5.74. The third-order valence-electron chi connectivity index (χ3n) is 1.75. The molecule has 0 saturated heterocycles. The summed E-state index contributed by atoms with van der Waals surface area (Å²) in [5.41, 5.74) is 8.81. The van der Waals surface area contributed by atoms with E-state index >= 15 is 0 Å². The first-order valence-electron chi connectivity index (χ1n) is 3.90. The molecule has 0 spiro atoms. The largest absolute Gasteiger partial charge is 0.398 e. The molecule has 12 heavy (non-hydrogen) atoms. The number of nitrogen functional groups attached to an aromatic ring is 1. The fourth-order valence-corrected chi connectivity index (χ4v) is 1.12. The van der Waals surface area contributed by atoms with E-state index in [-0.39, 0.29) is 0 Å². The molecule has 1 aromatic rings. The summed E-state index contributed by atoms with van der Waals surface area (Å²) in [5, 5.41) is 0. The first kappa shape index (κ1) is 8.60. The van der Waals surface area contributed by atoms with E-state index < -0.39 is 0 Å². The lowest BCUT2D eigenvalue weighted by atomic mass is 10.1. The average Bonchev–Trinajstić information content (AvgIpc) is 2.05. The van der Waals surface area contributed by atoms with Crippen LogP contribution in [0.4, 0.5) is 5.69 Å². The highest BCUT2D eigenvalue weighted by atomic mass is 14.6. The van der Waals surface area contributed by atoms with Crippen molar-refractivity contribution >= 4 is 11.3 Å². The summed E-state index contributed by atoms with van der Waals surface area (Å²) < 4.78 is 0. The summed E-state index contributed by atoms with van der Waals surface area (Å²) in [6.07, 6.45) is 3.72. The van der Waals surface area contributed by atoms with Gasteiger partial charge in [-0.25, -0.2) is 0 Å². The molecular formula is C11H13N. The van der Waals surface area contributed by atoms with E-state index in [2.05, 4.69) is 6.58 Å². The second-order valence-electron chi connectivity index (χ2n) is 2.67. The van der Waals surface area contributed by atoms with Crippen molar-refractivity contribution in [2.24, 2.45) is 0 Å². The zero-order valence-electron chi connectivity index (χ0n) is 7.25. The third-order valence-corrected chi connectivity index (χ3v) is 1.75. The van der Waals surface area contributed by atoms with Gasteiger partial charge in [0.15, 0.2) is 0 Å². The summed E-state index contributed by atoms with van der Waals surface area (Å²) in [6, 6.07) is 7.81. The molecule has 62 valence electrons. The van der Waals surface area contributed by atoms with Gasteiger partial charge in [0, 0.05) is 11.3 Å². The Balaban J connectivity index is 3.10. The van der Waals surface area contributed by atoms with Crippen LogP contribution in [0.15, 0.2) is 43.0 Å². The zero-order chi connectivity index (χ0) is 8.97. The normalized spacial score (nSPS) is 11.2. The van der Waals surface area contributed by atoms with Gasteiger partial charge in [0.25, 0.3) is 0 Å². The number of rotatable bonds is 2. The molecule has 0 unspecified atom stereocenters. The summed E-state index contributed by atoms with van der Waals surface area (Å²) in [6.45, 7) is 5.66. The van der Waals surface area contributed by atoms with Crippen molar-refractivity contribution < 1.29 is 0 Å². The van der Waals surface area contributed by atoms with Crippen molar-refractivity contribution in [2.75, 3.05) is 5.73 Å². The van der Waals surface area contributed by atoms with Crippen molar-refractivity contribution in [1.82, 2.24) is 0 Å². The maximum atomic E-state index is 5.78. The smallest absolute Gasteiger partial charge is 0.0390 e. The topological polar surface area (TPSA) is 26.0 Å². The molecule has 0 aromatic heterocycles. The lowest BCUT2D eigenvalue weighted by Crippen LogP contribution is -1.90. The molecule has 1 heteroatoms. The predicted octanol–water partition coefficient (Wildman–Crippen LogP) is 2.86. The predicted molar refractivity (Wildman–Crippen MR) is 54.7 cm³/mol. The highest BCUT2D eigenvalue weighted by Crippen LogP contribution is 2.19. The maximum absolute atomic E-state index is 5.78. The Bertz CT molecular complexity index is 311. The fourth-order valence-electron chi connectivity index (χ4n) is 1.12. The molecule has 0 amide bonds. The van der Waals surface area contributed by atoms with Crippen molar-refractivity contribution in [3.8, 4) is 0 Å². The van der Waals surface area contributed by atoms with Crippen LogP contribution in [-0.4, -0.2) is 0 Å². The summed E-state index contributed by atoms with van der Waals surface area (Å²) in [4.78, 5) is 0. The van der Waals surface area contributed by atoms with E-state index in [4.69, 9.17) is 5.73 Å². The first-order chi connectivity index (χ1) is 5.75. The van der Waals surface area contributed by atoms with Crippen LogP contribution in [0.3, 0.4) is 0 Å². The first-order valence-corrected chi connectivity index (χ1v) is 3.90. The quantitative estimate of drug-likeness (QED) is 0.521. The van der Waals surface area contributed by atoms with Crippen LogP contribution in [0.5, 0.6) is 0 Å². The van der Waals surface area contributed by atoms with E-state index in [9.17, 15) is 0 Å². The number of para-hydroxylation sites is 1. The number of hydrogen-bond donors (Lipinski definition) is 1. The number of benzene rings is 1. The van der Waals surface area contributed by atoms with Crippen molar-refractivity contribution in [1.29, 1.82) is 0 Å². The maximum Gasteiger partial charge on any atom is 0.0390 e. The van der Waals surface area contributed by atoms with Crippen LogP contribution in [0.2, 0.25) is 0 Å². The lowest BCUT2D eigenvalue weighted by molar-refractivity contribution is 1.56. The van der Waals surface area contributed by atoms with E-state index in [1.54, 1.807) is 6.08 Å². The SMILES string of the molecule is C=C/C=C(/C)c1ccccc1N. The molecule has 1 nitrogen and oxygen atoms in total. The standard InChI is InChI=1S/C11H13N/c1-3-6-9(2)10-7-4-5-8-11(10)12/h3-8H,1,12H2,2H3/b9-6-. The summed E-state index contributed by atoms with van der Waals surface area (Å²) >= 11 is 0. The molecule has 1 aromatic carbocycles. The Kier molecular flexibility index (Phi) is 2.70. The highest BCUT2D eigenvalue weighted by Gasteiger charge is 1.97. The van der Waals surface area contributed by atoms with Crippen LogP contribution in [-0.2, 0) is 0 Å². The Labute approximate surface area is 73.2 Å². The van der Waals surface area contributed by atoms with E-state index in [0.29, 0.717) is 0 Å². The van der Waals surface area contributed by atoms with Crippen LogP contribution < -0.4 is 5.73 Å². The van der Waals surface area contributed by atoms with Crippen molar-refractivity contribution in [3.63, 3.8) is 0 Å². The molecule has 0 bridgehead atoms. The summed E-state index contributed by atoms with van der Waals surface area (Å²) in [7, 11) is 0. The Hall–Kier alpha value is -1.50. The molecule has 0 atom stereocenters. The molecule has 0 heterocycles. The molecule has 0 fully saturated rings. The second-order valence-corrected chi connectivity index (χ2v) is 2.67. The fraction of sp³-hybridized carbons (Fsp3) is 0.0909. The van der Waals surface area contributed by atoms with Gasteiger partial charge in [0.05, 0.1) is 0 Å². The molecule has 1 rings (SSSR count). The Morgan fingerprint density at radius 3 is 2.67 bits per heavy atom. The zero-order valence-corrected chi connectivity index (χ0v) is 7.25. The average molecular weight is 159 g/mol. The lowest BCUT2D eigenvalue weighted by Gasteiger charge is -2.03. The molecule has 0 saturated carbocycles. The Morgan fingerprint density at radius 2 is 2.08 bits per heavy atom. The minimum absolute atomic E-state index is 0.813. The number of anilines is 1. The minimum Gasteiger partial charge on any atom is -0.398 e. The van der Waals surface area contributed by atoms with Crippen molar-refractivity contribution in [3.05, 3.63) is 48.6 Å².